The Bertz CT molecular complexity index is 342. The van der Waals surface area contributed by atoms with Gasteiger partial charge in [0.25, 0.3) is 0 Å². The lowest BCUT2D eigenvalue weighted by molar-refractivity contribution is 0.150. The van der Waals surface area contributed by atoms with Gasteiger partial charge in [0.2, 0.25) is 0 Å². The predicted molar refractivity (Wildman–Crippen MR) is 60.2 cm³/mol. The normalized spacial score (nSPS) is 17.5. The molecule has 2 nitrogen and oxygen atoms in total. The minimum absolute atomic E-state index is 0.194. The molecule has 0 radical (unpaired) electrons. The minimum atomic E-state index is -0.194. The highest BCUT2D eigenvalue weighted by molar-refractivity contribution is 5.37. The number of aliphatic hydroxyl groups excluding tert-OH is 1. The van der Waals surface area contributed by atoms with Crippen LogP contribution >= 0.6 is 0 Å². The molecular formula is C13H18O2. The minimum Gasteiger partial charge on any atom is -0.496 e. The van der Waals surface area contributed by atoms with E-state index in [0.717, 1.165) is 17.7 Å². The van der Waals surface area contributed by atoms with Gasteiger partial charge in [-0.1, -0.05) is 17.7 Å². The molecule has 1 aliphatic carbocycles. The van der Waals surface area contributed by atoms with Gasteiger partial charge in [-0.3, -0.25) is 0 Å². The Morgan fingerprint density at radius 2 is 2.20 bits per heavy atom. The van der Waals surface area contributed by atoms with E-state index in [9.17, 15) is 5.11 Å². The number of hydrogen-bond acceptors (Lipinski definition) is 2. The molecule has 0 amide bonds. The Morgan fingerprint density at radius 1 is 1.47 bits per heavy atom. The number of benzene rings is 1. The van der Waals surface area contributed by atoms with Crippen molar-refractivity contribution in [2.45, 2.75) is 32.3 Å². The molecule has 1 atom stereocenters. The SMILES string of the molecule is COc1ccc(C)cc1CC(O)C1CC1. The first-order chi connectivity index (χ1) is 7.20. The number of methoxy groups -OCH3 is 1. The maximum Gasteiger partial charge on any atom is 0.122 e. The van der Waals surface area contributed by atoms with Crippen LogP contribution < -0.4 is 4.74 Å². The maximum atomic E-state index is 9.90. The summed E-state index contributed by atoms with van der Waals surface area (Å²) in [6.07, 6.45) is 2.88. The van der Waals surface area contributed by atoms with Crippen molar-refractivity contribution in [3.05, 3.63) is 29.3 Å². The third-order valence-electron chi connectivity index (χ3n) is 3.03. The van der Waals surface area contributed by atoms with Gasteiger partial charge in [0.05, 0.1) is 13.2 Å². The summed E-state index contributed by atoms with van der Waals surface area (Å²) in [7, 11) is 1.68. The molecule has 0 spiro atoms. The maximum absolute atomic E-state index is 9.90. The lowest BCUT2D eigenvalue weighted by Crippen LogP contribution is -2.13. The molecule has 1 N–H and O–H groups in total. The van der Waals surface area contributed by atoms with Crippen molar-refractivity contribution in [2.24, 2.45) is 5.92 Å². The molecule has 1 aromatic rings. The van der Waals surface area contributed by atoms with Gasteiger partial charge >= 0.3 is 0 Å². The third-order valence-corrected chi connectivity index (χ3v) is 3.03. The second-order valence-electron chi connectivity index (χ2n) is 4.42. The Kier molecular flexibility index (Phi) is 2.96. The molecule has 82 valence electrons. The van der Waals surface area contributed by atoms with Crippen LogP contribution in [0.3, 0.4) is 0 Å². The molecule has 0 saturated heterocycles. The van der Waals surface area contributed by atoms with Crippen molar-refractivity contribution in [1.29, 1.82) is 0 Å². The standard InChI is InChI=1S/C13H18O2/c1-9-3-6-13(15-2)11(7-9)8-12(14)10-4-5-10/h3,6-7,10,12,14H,4-5,8H2,1-2H3. The lowest BCUT2D eigenvalue weighted by Gasteiger charge is -2.13. The number of ether oxygens (including phenoxy) is 1. The first kappa shape index (κ1) is 10.5. The van der Waals surface area contributed by atoms with Crippen LogP contribution in [0.1, 0.15) is 24.0 Å². The highest BCUT2D eigenvalue weighted by Gasteiger charge is 2.30. The number of aliphatic hydroxyl groups is 1. The summed E-state index contributed by atoms with van der Waals surface area (Å²) in [5, 5.41) is 9.90. The van der Waals surface area contributed by atoms with E-state index in [4.69, 9.17) is 4.74 Å². The van der Waals surface area contributed by atoms with Crippen LogP contribution in [0.2, 0.25) is 0 Å². The molecule has 1 saturated carbocycles. The van der Waals surface area contributed by atoms with E-state index in [-0.39, 0.29) is 6.10 Å². The zero-order valence-electron chi connectivity index (χ0n) is 9.36. The van der Waals surface area contributed by atoms with Crippen molar-refractivity contribution in [1.82, 2.24) is 0 Å². The molecule has 1 fully saturated rings. The van der Waals surface area contributed by atoms with Crippen molar-refractivity contribution < 1.29 is 9.84 Å². The van der Waals surface area contributed by atoms with E-state index < -0.39 is 0 Å². The van der Waals surface area contributed by atoms with E-state index in [1.54, 1.807) is 7.11 Å². The van der Waals surface area contributed by atoms with Crippen molar-refractivity contribution in [3.63, 3.8) is 0 Å². The Labute approximate surface area is 90.9 Å². The van der Waals surface area contributed by atoms with Crippen molar-refractivity contribution in [2.75, 3.05) is 7.11 Å². The molecule has 1 aliphatic rings. The van der Waals surface area contributed by atoms with E-state index in [1.165, 1.54) is 18.4 Å². The van der Waals surface area contributed by atoms with Crippen LogP contribution in [0.5, 0.6) is 5.75 Å². The summed E-state index contributed by atoms with van der Waals surface area (Å²) < 4.78 is 5.29. The van der Waals surface area contributed by atoms with Gasteiger partial charge < -0.3 is 9.84 Å². The molecule has 2 heteroatoms. The largest absolute Gasteiger partial charge is 0.496 e. The van der Waals surface area contributed by atoms with Gasteiger partial charge in [-0.25, -0.2) is 0 Å². The quantitative estimate of drug-likeness (QED) is 0.819. The molecular weight excluding hydrogens is 188 g/mol. The van der Waals surface area contributed by atoms with Gasteiger partial charge in [0, 0.05) is 6.42 Å². The Morgan fingerprint density at radius 3 is 2.80 bits per heavy atom. The summed E-state index contributed by atoms with van der Waals surface area (Å²) in [6.45, 7) is 2.06. The summed E-state index contributed by atoms with van der Waals surface area (Å²) in [6, 6.07) is 6.11. The first-order valence-corrected chi connectivity index (χ1v) is 5.52. The molecule has 0 aromatic heterocycles. The van der Waals surface area contributed by atoms with E-state index in [1.807, 2.05) is 12.1 Å². The number of hydrogen-bond donors (Lipinski definition) is 1. The first-order valence-electron chi connectivity index (χ1n) is 5.52. The van der Waals surface area contributed by atoms with Crippen LogP contribution in [0, 0.1) is 12.8 Å². The van der Waals surface area contributed by atoms with Gasteiger partial charge in [-0.15, -0.1) is 0 Å². The summed E-state index contributed by atoms with van der Waals surface area (Å²) in [4.78, 5) is 0. The number of aryl methyl sites for hydroxylation is 1. The van der Waals surface area contributed by atoms with Crippen LogP contribution in [0.25, 0.3) is 0 Å². The molecule has 0 bridgehead atoms. The Balaban J connectivity index is 2.13. The molecule has 2 rings (SSSR count). The molecule has 0 heterocycles. The second-order valence-corrected chi connectivity index (χ2v) is 4.42. The average Bonchev–Trinajstić information content (AvgIpc) is 3.01. The second kappa shape index (κ2) is 4.23. The van der Waals surface area contributed by atoms with Crippen LogP contribution in [-0.4, -0.2) is 18.3 Å². The lowest BCUT2D eigenvalue weighted by atomic mass is 10.0. The molecule has 0 aliphatic heterocycles. The third kappa shape index (κ3) is 2.51. The highest BCUT2D eigenvalue weighted by Crippen LogP contribution is 2.35. The zero-order valence-corrected chi connectivity index (χ0v) is 9.36. The zero-order chi connectivity index (χ0) is 10.8. The van der Waals surface area contributed by atoms with E-state index in [2.05, 4.69) is 13.0 Å². The predicted octanol–water partition coefficient (Wildman–Crippen LogP) is 2.32. The van der Waals surface area contributed by atoms with Gasteiger partial charge in [-0.2, -0.15) is 0 Å². The van der Waals surface area contributed by atoms with Crippen molar-refractivity contribution >= 4 is 0 Å². The molecule has 15 heavy (non-hydrogen) atoms. The fourth-order valence-electron chi connectivity index (χ4n) is 1.94. The average molecular weight is 206 g/mol. The van der Waals surface area contributed by atoms with E-state index in [0.29, 0.717) is 5.92 Å². The fraction of sp³-hybridized carbons (Fsp3) is 0.538. The van der Waals surface area contributed by atoms with Crippen LogP contribution in [-0.2, 0) is 6.42 Å². The highest BCUT2D eigenvalue weighted by atomic mass is 16.5. The fourth-order valence-corrected chi connectivity index (χ4v) is 1.94. The number of rotatable bonds is 4. The molecule has 1 unspecified atom stereocenters. The van der Waals surface area contributed by atoms with Crippen LogP contribution in [0.15, 0.2) is 18.2 Å². The van der Waals surface area contributed by atoms with E-state index >= 15 is 0 Å². The van der Waals surface area contributed by atoms with Gasteiger partial charge in [0.15, 0.2) is 0 Å². The Hall–Kier alpha value is -1.02. The van der Waals surface area contributed by atoms with Crippen molar-refractivity contribution in [3.8, 4) is 5.75 Å². The smallest absolute Gasteiger partial charge is 0.122 e. The van der Waals surface area contributed by atoms with Gasteiger partial charge in [0.1, 0.15) is 5.75 Å². The van der Waals surface area contributed by atoms with Crippen LogP contribution in [0.4, 0.5) is 0 Å². The molecule has 1 aromatic carbocycles. The van der Waals surface area contributed by atoms with Gasteiger partial charge in [-0.05, 0) is 37.3 Å². The monoisotopic (exact) mass is 206 g/mol. The topological polar surface area (TPSA) is 29.5 Å². The summed E-state index contributed by atoms with van der Waals surface area (Å²) in [5.74, 6) is 1.41. The summed E-state index contributed by atoms with van der Waals surface area (Å²) in [5.41, 5.74) is 2.34. The summed E-state index contributed by atoms with van der Waals surface area (Å²) >= 11 is 0.